The summed E-state index contributed by atoms with van der Waals surface area (Å²) >= 11 is 0. The van der Waals surface area contributed by atoms with E-state index in [2.05, 4.69) is 15.2 Å². The highest BCUT2D eigenvalue weighted by Crippen LogP contribution is 2.44. The number of hydrogen-bond donors (Lipinski definition) is 2. The average molecular weight is 259 g/mol. The van der Waals surface area contributed by atoms with Crippen LogP contribution in [-0.4, -0.2) is 26.3 Å². The molecule has 1 saturated carbocycles. The fraction of sp³-hybridized carbons (Fsp3) is 0.500. The van der Waals surface area contributed by atoms with Crippen LogP contribution in [-0.2, 0) is 0 Å². The molecule has 1 fully saturated rings. The molecule has 3 rings (SSSR count). The minimum atomic E-state index is -0.887. The van der Waals surface area contributed by atoms with Crippen molar-refractivity contribution in [2.24, 2.45) is 0 Å². The van der Waals surface area contributed by atoms with Crippen molar-refractivity contribution in [1.29, 1.82) is 0 Å². The molecule has 2 N–H and O–H groups in total. The maximum absolute atomic E-state index is 11.7. The Bertz CT molecular complexity index is 669. The van der Waals surface area contributed by atoms with Gasteiger partial charge in [-0.3, -0.25) is 5.10 Å². The maximum atomic E-state index is 11.7. The fourth-order valence-electron chi connectivity index (χ4n) is 2.71. The zero-order valence-corrected chi connectivity index (χ0v) is 11.3. The first-order chi connectivity index (χ1) is 9.00. The molecular formula is C14H17N3O2. The lowest BCUT2D eigenvalue weighted by molar-refractivity contribution is 0.0697. The molecule has 0 saturated heterocycles. The molecule has 19 heavy (non-hydrogen) atoms. The van der Waals surface area contributed by atoms with Crippen molar-refractivity contribution in [1.82, 2.24) is 15.2 Å². The van der Waals surface area contributed by atoms with E-state index in [1.807, 2.05) is 20.8 Å². The quantitative estimate of drug-likeness (QED) is 0.888. The van der Waals surface area contributed by atoms with Crippen molar-refractivity contribution >= 4 is 17.0 Å². The summed E-state index contributed by atoms with van der Waals surface area (Å²) in [6.45, 7) is 5.89. The lowest BCUT2D eigenvalue weighted by Crippen LogP contribution is -2.10. The summed E-state index contributed by atoms with van der Waals surface area (Å²) in [5.41, 5.74) is 3.50. The standard InChI is InChI=1S/C14H17N3O2/c1-6(2)9-11(14(18)19)10-7(3)16-17-13(10)15-12(9)8-4-5-8/h6,8H,4-5H2,1-3H3,(H,18,19)(H,15,16,17). The van der Waals surface area contributed by atoms with Crippen molar-refractivity contribution in [3.05, 3.63) is 22.5 Å². The number of carboxylic acid groups (broad SMARTS) is 1. The van der Waals surface area contributed by atoms with Gasteiger partial charge in [0.15, 0.2) is 5.65 Å². The molecule has 0 radical (unpaired) electrons. The van der Waals surface area contributed by atoms with E-state index in [9.17, 15) is 9.90 Å². The van der Waals surface area contributed by atoms with Gasteiger partial charge in [-0.15, -0.1) is 0 Å². The van der Waals surface area contributed by atoms with Gasteiger partial charge in [-0.2, -0.15) is 5.10 Å². The number of fused-ring (bicyclic) bond motifs is 1. The molecule has 1 aliphatic carbocycles. The fourth-order valence-corrected chi connectivity index (χ4v) is 2.71. The molecule has 5 nitrogen and oxygen atoms in total. The number of aromatic amines is 1. The molecule has 0 atom stereocenters. The molecule has 0 unspecified atom stereocenters. The summed E-state index contributed by atoms with van der Waals surface area (Å²) in [5, 5.41) is 17.2. The van der Waals surface area contributed by atoms with Gasteiger partial charge in [0.05, 0.1) is 16.6 Å². The summed E-state index contributed by atoms with van der Waals surface area (Å²) < 4.78 is 0. The average Bonchev–Trinajstić information content (AvgIpc) is 3.12. The SMILES string of the molecule is Cc1[nH]nc2nc(C3CC3)c(C(C)C)c(C(=O)O)c12. The van der Waals surface area contributed by atoms with Gasteiger partial charge >= 0.3 is 5.97 Å². The van der Waals surface area contributed by atoms with Crippen LogP contribution < -0.4 is 0 Å². The number of H-pyrrole nitrogens is 1. The third-order valence-corrected chi connectivity index (χ3v) is 3.71. The van der Waals surface area contributed by atoms with Crippen molar-refractivity contribution < 1.29 is 9.90 Å². The van der Waals surface area contributed by atoms with Gasteiger partial charge in [-0.05, 0) is 31.2 Å². The van der Waals surface area contributed by atoms with Crippen LogP contribution in [0.5, 0.6) is 0 Å². The number of nitrogens with one attached hydrogen (secondary N) is 1. The number of aromatic carboxylic acids is 1. The van der Waals surface area contributed by atoms with E-state index in [1.54, 1.807) is 0 Å². The highest BCUT2D eigenvalue weighted by molar-refractivity contribution is 6.04. The minimum absolute atomic E-state index is 0.146. The number of aromatic nitrogens is 3. The molecule has 0 bridgehead atoms. The van der Waals surface area contributed by atoms with E-state index in [1.165, 1.54) is 0 Å². The molecular weight excluding hydrogens is 242 g/mol. The van der Waals surface area contributed by atoms with E-state index in [-0.39, 0.29) is 5.92 Å². The first kappa shape index (κ1) is 12.1. The molecule has 2 heterocycles. The largest absolute Gasteiger partial charge is 0.478 e. The third kappa shape index (κ3) is 1.80. The Morgan fingerprint density at radius 2 is 2.11 bits per heavy atom. The van der Waals surface area contributed by atoms with E-state index in [0.29, 0.717) is 22.5 Å². The zero-order valence-electron chi connectivity index (χ0n) is 11.3. The first-order valence-corrected chi connectivity index (χ1v) is 6.62. The number of pyridine rings is 1. The van der Waals surface area contributed by atoms with Crippen LogP contribution >= 0.6 is 0 Å². The summed E-state index contributed by atoms with van der Waals surface area (Å²) in [7, 11) is 0. The van der Waals surface area contributed by atoms with Gasteiger partial charge in [0.1, 0.15) is 0 Å². The summed E-state index contributed by atoms with van der Waals surface area (Å²) in [6, 6.07) is 0. The van der Waals surface area contributed by atoms with E-state index < -0.39 is 5.97 Å². The maximum Gasteiger partial charge on any atom is 0.336 e. The topological polar surface area (TPSA) is 78.9 Å². The van der Waals surface area contributed by atoms with E-state index in [4.69, 9.17) is 0 Å². The van der Waals surface area contributed by atoms with Crippen molar-refractivity contribution in [3.63, 3.8) is 0 Å². The Morgan fingerprint density at radius 1 is 1.42 bits per heavy atom. The van der Waals surface area contributed by atoms with Crippen LogP contribution in [0.3, 0.4) is 0 Å². The van der Waals surface area contributed by atoms with Crippen molar-refractivity contribution in [2.45, 2.75) is 45.4 Å². The molecule has 1 aliphatic rings. The highest BCUT2D eigenvalue weighted by Gasteiger charge is 2.33. The summed E-state index contributed by atoms with van der Waals surface area (Å²) in [4.78, 5) is 16.3. The monoisotopic (exact) mass is 259 g/mol. The Hall–Kier alpha value is -1.91. The van der Waals surface area contributed by atoms with Crippen molar-refractivity contribution in [3.8, 4) is 0 Å². The third-order valence-electron chi connectivity index (χ3n) is 3.71. The number of carboxylic acids is 1. The molecule has 0 spiro atoms. The van der Waals surface area contributed by atoms with E-state index in [0.717, 1.165) is 29.8 Å². The Morgan fingerprint density at radius 3 is 2.63 bits per heavy atom. The summed E-state index contributed by atoms with van der Waals surface area (Å²) in [6.07, 6.45) is 2.20. The number of nitrogens with zero attached hydrogens (tertiary/aromatic N) is 2. The number of carbonyl (C=O) groups is 1. The normalized spacial score (nSPS) is 15.4. The minimum Gasteiger partial charge on any atom is -0.478 e. The number of hydrogen-bond acceptors (Lipinski definition) is 3. The smallest absolute Gasteiger partial charge is 0.336 e. The van der Waals surface area contributed by atoms with Gasteiger partial charge < -0.3 is 5.11 Å². The predicted octanol–water partition coefficient (Wildman–Crippen LogP) is 2.97. The lowest BCUT2D eigenvalue weighted by Gasteiger charge is -2.15. The zero-order chi connectivity index (χ0) is 13.7. The van der Waals surface area contributed by atoms with Gasteiger partial charge in [0.25, 0.3) is 0 Å². The first-order valence-electron chi connectivity index (χ1n) is 6.62. The molecule has 2 aromatic rings. The molecule has 5 heteroatoms. The van der Waals surface area contributed by atoms with Gasteiger partial charge in [0.2, 0.25) is 0 Å². The second-order valence-electron chi connectivity index (χ2n) is 5.57. The Labute approximate surface area is 111 Å². The Balaban J connectivity index is 2.43. The molecule has 0 amide bonds. The lowest BCUT2D eigenvalue weighted by atomic mass is 9.91. The number of aryl methyl sites for hydroxylation is 1. The molecule has 100 valence electrons. The van der Waals surface area contributed by atoms with Crippen LogP contribution in [0.1, 0.15) is 65.8 Å². The van der Waals surface area contributed by atoms with Gasteiger partial charge in [-0.1, -0.05) is 13.8 Å². The predicted molar refractivity (Wildman–Crippen MR) is 71.6 cm³/mol. The Kier molecular flexibility index (Phi) is 2.59. The van der Waals surface area contributed by atoms with Crippen LogP contribution in [0.15, 0.2) is 0 Å². The number of rotatable bonds is 3. The molecule has 0 aromatic carbocycles. The summed E-state index contributed by atoms with van der Waals surface area (Å²) in [5.74, 6) is -0.327. The molecule has 2 aromatic heterocycles. The van der Waals surface area contributed by atoms with Crippen LogP contribution in [0.25, 0.3) is 11.0 Å². The van der Waals surface area contributed by atoms with Gasteiger partial charge in [-0.25, -0.2) is 9.78 Å². The second-order valence-corrected chi connectivity index (χ2v) is 5.57. The van der Waals surface area contributed by atoms with Gasteiger partial charge in [0, 0.05) is 11.6 Å². The molecule has 0 aliphatic heterocycles. The van der Waals surface area contributed by atoms with Crippen LogP contribution in [0.4, 0.5) is 0 Å². The van der Waals surface area contributed by atoms with Crippen molar-refractivity contribution in [2.75, 3.05) is 0 Å². The highest BCUT2D eigenvalue weighted by atomic mass is 16.4. The van der Waals surface area contributed by atoms with Crippen LogP contribution in [0.2, 0.25) is 0 Å². The van der Waals surface area contributed by atoms with Crippen LogP contribution in [0, 0.1) is 6.92 Å². The second kappa shape index (κ2) is 4.05. The van der Waals surface area contributed by atoms with E-state index >= 15 is 0 Å².